The highest BCUT2D eigenvalue weighted by molar-refractivity contribution is 9.10. The molecule has 1 aromatic heterocycles. The van der Waals surface area contributed by atoms with Crippen LogP contribution in [-0.2, 0) is 0 Å². The first-order chi connectivity index (χ1) is 14.3. The van der Waals surface area contributed by atoms with E-state index in [-0.39, 0.29) is 5.91 Å². The minimum absolute atomic E-state index is 0.266. The van der Waals surface area contributed by atoms with Crippen LogP contribution < -0.4 is 5.32 Å². The first-order valence-corrected chi connectivity index (χ1v) is 10.8. The van der Waals surface area contributed by atoms with Gasteiger partial charge in [-0.05, 0) is 55.8 Å². The van der Waals surface area contributed by atoms with Gasteiger partial charge in [-0.15, -0.1) is 0 Å². The smallest absolute Gasteiger partial charge is 0.256 e. The van der Waals surface area contributed by atoms with Gasteiger partial charge in [-0.2, -0.15) is 0 Å². The Labute approximate surface area is 193 Å². The largest absolute Gasteiger partial charge is 0.321 e. The quantitative estimate of drug-likeness (QED) is 0.312. The number of nitrogens with one attached hydrogen (secondary N) is 1. The van der Waals surface area contributed by atoms with Crippen LogP contribution in [0.2, 0.25) is 10.0 Å². The molecule has 0 aliphatic heterocycles. The van der Waals surface area contributed by atoms with Gasteiger partial charge in [0.15, 0.2) is 0 Å². The highest BCUT2D eigenvalue weighted by Gasteiger charge is 2.17. The molecule has 0 saturated heterocycles. The van der Waals surface area contributed by atoms with E-state index >= 15 is 0 Å². The predicted molar refractivity (Wildman–Crippen MR) is 129 cm³/mol. The second kappa shape index (κ2) is 8.38. The van der Waals surface area contributed by atoms with Crippen molar-refractivity contribution in [3.63, 3.8) is 0 Å². The zero-order valence-electron chi connectivity index (χ0n) is 16.3. The average molecular weight is 500 g/mol. The van der Waals surface area contributed by atoms with Gasteiger partial charge in [0, 0.05) is 20.4 Å². The molecule has 0 bridgehead atoms. The van der Waals surface area contributed by atoms with E-state index in [0.29, 0.717) is 21.3 Å². The molecule has 150 valence electrons. The van der Waals surface area contributed by atoms with Crippen LogP contribution in [0.5, 0.6) is 0 Å². The van der Waals surface area contributed by atoms with Crippen molar-refractivity contribution in [3.05, 3.63) is 91.9 Å². The number of nitrogens with zero attached hydrogens (tertiary/aromatic N) is 1. The minimum Gasteiger partial charge on any atom is -0.321 e. The number of carbonyl (C=O) groups is 1. The summed E-state index contributed by atoms with van der Waals surface area (Å²) >= 11 is 15.8. The van der Waals surface area contributed by atoms with Crippen molar-refractivity contribution in [2.45, 2.75) is 13.8 Å². The van der Waals surface area contributed by atoms with E-state index in [9.17, 15) is 4.79 Å². The van der Waals surface area contributed by atoms with Crippen molar-refractivity contribution >= 4 is 61.6 Å². The number of pyridine rings is 1. The van der Waals surface area contributed by atoms with Crippen molar-refractivity contribution in [2.75, 3.05) is 5.32 Å². The Morgan fingerprint density at radius 2 is 1.70 bits per heavy atom. The Morgan fingerprint density at radius 3 is 2.40 bits per heavy atom. The number of halogens is 3. The maximum absolute atomic E-state index is 13.3. The van der Waals surface area contributed by atoms with E-state index in [1.807, 2.05) is 56.3 Å². The van der Waals surface area contributed by atoms with Gasteiger partial charge in [-0.1, -0.05) is 69.0 Å². The lowest BCUT2D eigenvalue weighted by atomic mass is 10.0. The minimum atomic E-state index is -0.266. The van der Waals surface area contributed by atoms with Gasteiger partial charge in [0.25, 0.3) is 5.91 Å². The number of anilines is 1. The van der Waals surface area contributed by atoms with E-state index in [2.05, 4.69) is 21.2 Å². The molecule has 0 aliphatic carbocycles. The molecule has 3 nitrogen and oxygen atoms in total. The number of carbonyl (C=O) groups excluding carboxylic acids is 1. The first kappa shape index (κ1) is 20.9. The Kier molecular flexibility index (Phi) is 5.83. The second-order valence-corrected chi connectivity index (χ2v) is 8.88. The molecule has 0 radical (unpaired) electrons. The number of hydrogen-bond donors (Lipinski definition) is 1. The van der Waals surface area contributed by atoms with Gasteiger partial charge in [0.2, 0.25) is 0 Å². The van der Waals surface area contributed by atoms with Crippen molar-refractivity contribution in [1.82, 2.24) is 4.98 Å². The third kappa shape index (κ3) is 4.22. The predicted octanol–water partition coefficient (Wildman–Crippen LogP) is 7.84. The molecule has 30 heavy (non-hydrogen) atoms. The fraction of sp³-hybridized carbons (Fsp3) is 0.0833. The fourth-order valence-corrected chi connectivity index (χ4v) is 4.33. The Bertz CT molecular complexity index is 1290. The van der Waals surface area contributed by atoms with Crippen LogP contribution >= 0.6 is 39.1 Å². The molecule has 0 saturated carbocycles. The molecule has 1 amide bonds. The third-order valence-corrected chi connectivity index (χ3v) is 5.85. The summed E-state index contributed by atoms with van der Waals surface area (Å²) in [4.78, 5) is 18.1. The molecule has 0 aliphatic rings. The number of hydrogen-bond acceptors (Lipinski definition) is 2. The molecule has 4 rings (SSSR count). The van der Waals surface area contributed by atoms with Gasteiger partial charge >= 0.3 is 0 Å². The molecule has 3 aromatic carbocycles. The van der Waals surface area contributed by atoms with Gasteiger partial charge in [-0.25, -0.2) is 4.98 Å². The highest BCUT2D eigenvalue weighted by atomic mass is 79.9. The number of aromatic nitrogens is 1. The number of fused-ring (bicyclic) bond motifs is 1. The van der Waals surface area contributed by atoms with Crippen LogP contribution in [0.25, 0.3) is 22.2 Å². The fourth-order valence-electron chi connectivity index (χ4n) is 3.30. The lowest BCUT2D eigenvalue weighted by Gasteiger charge is -2.13. The summed E-state index contributed by atoms with van der Waals surface area (Å²) in [5, 5.41) is 4.55. The van der Waals surface area contributed by atoms with Crippen molar-refractivity contribution < 1.29 is 4.79 Å². The molecule has 0 unspecified atom stereocenters. The maximum atomic E-state index is 13.3. The van der Waals surface area contributed by atoms with E-state index in [1.54, 1.807) is 18.2 Å². The van der Waals surface area contributed by atoms with Crippen LogP contribution in [0, 0.1) is 13.8 Å². The molecule has 0 spiro atoms. The third-order valence-electron chi connectivity index (χ3n) is 4.84. The summed E-state index contributed by atoms with van der Waals surface area (Å²) in [5.74, 6) is -0.266. The highest BCUT2D eigenvalue weighted by Crippen LogP contribution is 2.31. The summed E-state index contributed by atoms with van der Waals surface area (Å²) in [5.41, 5.74) is 5.62. The van der Waals surface area contributed by atoms with E-state index in [0.717, 1.165) is 37.8 Å². The summed E-state index contributed by atoms with van der Waals surface area (Å²) in [6.07, 6.45) is 0. The molecular formula is C24H17BrCl2N2O. The zero-order chi connectivity index (χ0) is 21.4. The standard InChI is InChI=1S/C24H17BrCl2N2O/c1-13-3-5-15(6-4-13)22-12-19(18-10-16(25)9-14(2)23(18)28-22)24(30)29-21-8-7-17(26)11-20(21)27/h3-12H,1-2H3,(H,29,30). The topological polar surface area (TPSA) is 42.0 Å². The summed E-state index contributed by atoms with van der Waals surface area (Å²) in [7, 11) is 0. The van der Waals surface area contributed by atoms with Crippen LogP contribution in [-0.4, -0.2) is 10.9 Å². The average Bonchev–Trinajstić information content (AvgIpc) is 2.70. The maximum Gasteiger partial charge on any atom is 0.256 e. The van der Waals surface area contributed by atoms with Gasteiger partial charge in [0.05, 0.1) is 27.5 Å². The Hall–Kier alpha value is -2.40. The molecular weight excluding hydrogens is 483 g/mol. The second-order valence-electron chi connectivity index (χ2n) is 7.12. The van der Waals surface area contributed by atoms with E-state index < -0.39 is 0 Å². The van der Waals surface area contributed by atoms with Gasteiger partial charge in [0.1, 0.15) is 0 Å². The summed E-state index contributed by atoms with van der Waals surface area (Å²) in [6.45, 7) is 4.02. The Morgan fingerprint density at radius 1 is 0.967 bits per heavy atom. The molecule has 4 aromatic rings. The number of benzene rings is 3. The monoisotopic (exact) mass is 498 g/mol. The SMILES string of the molecule is Cc1ccc(-c2cc(C(=O)Nc3ccc(Cl)cc3Cl)c3cc(Br)cc(C)c3n2)cc1. The van der Waals surface area contributed by atoms with Crippen molar-refractivity contribution in [3.8, 4) is 11.3 Å². The van der Waals surface area contributed by atoms with Crippen LogP contribution in [0.4, 0.5) is 5.69 Å². The van der Waals surface area contributed by atoms with Gasteiger partial charge in [-0.3, -0.25) is 4.79 Å². The summed E-state index contributed by atoms with van der Waals surface area (Å²) in [6, 6.07) is 18.8. The lowest BCUT2D eigenvalue weighted by molar-refractivity contribution is 0.102. The van der Waals surface area contributed by atoms with E-state index in [1.165, 1.54) is 0 Å². The van der Waals surface area contributed by atoms with Crippen molar-refractivity contribution in [1.29, 1.82) is 0 Å². The molecule has 0 atom stereocenters. The molecule has 0 fully saturated rings. The summed E-state index contributed by atoms with van der Waals surface area (Å²) < 4.78 is 0.885. The number of amides is 1. The van der Waals surface area contributed by atoms with Gasteiger partial charge < -0.3 is 5.32 Å². The van der Waals surface area contributed by atoms with Crippen molar-refractivity contribution in [2.24, 2.45) is 0 Å². The molecule has 1 heterocycles. The number of aryl methyl sites for hydroxylation is 2. The lowest BCUT2D eigenvalue weighted by Crippen LogP contribution is -2.13. The first-order valence-electron chi connectivity index (χ1n) is 9.26. The zero-order valence-corrected chi connectivity index (χ0v) is 19.4. The van der Waals surface area contributed by atoms with Crippen LogP contribution in [0.3, 0.4) is 0 Å². The van der Waals surface area contributed by atoms with E-state index in [4.69, 9.17) is 28.2 Å². The molecule has 1 N–H and O–H groups in total. The number of rotatable bonds is 3. The Balaban J connectivity index is 1.87. The van der Waals surface area contributed by atoms with Crippen LogP contribution in [0.1, 0.15) is 21.5 Å². The normalized spacial score (nSPS) is 11.0. The van der Waals surface area contributed by atoms with Crippen LogP contribution in [0.15, 0.2) is 65.1 Å². The molecule has 6 heteroatoms.